The number of nitrogens with zero attached hydrogens (tertiary/aromatic N) is 5. The Labute approximate surface area is 142 Å². The maximum Gasteiger partial charge on any atom is 0.132 e. The molecule has 0 unspecified atom stereocenters. The summed E-state index contributed by atoms with van der Waals surface area (Å²) in [6.07, 6.45) is 5.02. The number of hydrogen-bond acceptors (Lipinski definition) is 6. The second kappa shape index (κ2) is 6.83. The van der Waals surface area contributed by atoms with Crippen LogP contribution < -0.4 is 4.90 Å². The lowest BCUT2D eigenvalue weighted by Crippen LogP contribution is -2.46. The molecule has 0 bridgehead atoms. The van der Waals surface area contributed by atoms with Crippen molar-refractivity contribution in [3.05, 3.63) is 48.2 Å². The van der Waals surface area contributed by atoms with Crippen LogP contribution in [0.25, 0.3) is 0 Å². The molecule has 2 fully saturated rings. The number of aliphatic hydroxyl groups is 1. The quantitative estimate of drug-likeness (QED) is 0.917. The van der Waals surface area contributed by atoms with Crippen LogP contribution >= 0.6 is 0 Å². The third-order valence-electron chi connectivity index (χ3n) is 5.01. The van der Waals surface area contributed by atoms with Gasteiger partial charge in [0.15, 0.2) is 0 Å². The van der Waals surface area contributed by atoms with Crippen molar-refractivity contribution in [2.24, 2.45) is 0 Å². The Morgan fingerprint density at radius 1 is 1.04 bits per heavy atom. The lowest BCUT2D eigenvalue weighted by Gasteiger charge is -2.36. The Bertz CT molecular complexity index is 666. The molecule has 2 aromatic rings. The van der Waals surface area contributed by atoms with Crippen LogP contribution in [0.15, 0.2) is 36.8 Å². The fourth-order valence-corrected chi connectivity index (χ4v) is 3.44. The Morgan fingerprint density at radius 3 is 2.58 bits per heavy atom. The van der Waals surface area contributed by atoms with Gasteiger partial charge in [0.2, 0.25) is 0 Å². The predicted molar refractivity (Wildman–Crippen MR) is 91.7 cm³/mol. The van der Waals surface area contributed by atoms with E-state index in [9.17, 15) is 5.11 Å². The van der Waals surface area contributed by atoms with Gasteiger partial charge >= 0.3 is 0 Å². The number of pyridine rings is 1. The first-order valence-electron chi connectivity index (χ1n) is 8.65. The molecule has 1 aliphatic carbocycles. The zero-order valence-corrected chi connectivity index (χ0v) is 13.8. The fraction of sp³-hybridized carbons (Fsp3) is 0.500. The zero-order chi connectivity index (χ0) is 16.4. The first-order chi connectivity index (χ1) is 11.8. The van der Waals surface area contributed by atoms with Gasteiger partial charge in [-0.2, -0.15) is 0 Å². The molecule has 0 atom stereocenters. The maximum atomic E-state index is 9.48. The Kier molecular flexibility index (Phi) is 4.40. The lowest BCUT2D eigenvalue weighted by atomic mass is 9.80. The van der Waals surface area contributed by atoms with Gasteiger partial charge in [0, 0.05) is 56.6 Å². The highest BCUT2D eigenvalue weighted by atomic mass is 16.3. The third-order valence-corrected chi connectivity index (χ3v) is 5.01. The van der Waals surface area contributed by atoms with Crippen molar-refractivity contribution in [1.29, 1.82) is 0 Å². The van der Waals surface area contributed by atoms with E-state index in [0.717, 1.165) is 62.8 Å². The molecular weight excluding hydrogens is 302 g/mol. The van der Waals surface area contributed by atoms with E-state index in [2.05, 4.69) is 36.9 Å². The van der Waals surface area contributed by atoms with Crippen molar-refractivity contribution in [3.8, 4) is 0 Å². The predicted octanol–water partition coefficient (Wildman–Crippen LogP) is 1.43. The molecule has 1 saturated carbocycles. The van der Waals surface area contributed by atoms with E-state index in [1.54, 1.807) is 6.33 Å². The second-order valence-corrected chi connectivity index (χ2v) is 6.71. The van der Waals surface area contributed by atoms with Crippen LogP contribution in [0.3, 0.4) is 0 Å². The number of aliphatic hydroxyl groups excluding tert-OH is 1. The minimum Gasteiger partial charge on any atom is -0.393 e. The van der Waals surface area contributed by atoms with Gasteiger partial charge in [-0.25, -0.2) is 9.97 Å². The first kappa shape index (κ1) is 15.5. The fourth-order valence-electron chi connectivity index (χ4n) is 3.44. The van der Waals surface area contributed by atoms with Crippen LogP contribution in [0.4, 0.5) is 5.82 Å². The highest BCUT2D eigenvalue weighted by Crippen LogP contribution is 2.36. The molecule has 126 valence electrons. The minimum atomic E-state index is -0.149. The summed E-state index contributed by atoms with van der Waals surface area (Å²) in [6, 6.07) is 8.18. The van der Waals surface area contributed by atoms with E-state index in [4.69, 9.17) is 0 Å². The highest BCUT2D eigenvalue weighted by molar-refractivity contribution is 5.40. The van der Waals surface area contributed by atoms with E-state index in [1.807, 2.05) is 18.3 Å². The molecule has 6 heteroatoms. The Balaban J connectivity index is 1.35. The summed E-state index contributed by atoms with van der Waals surface area (Å²) in [5.74, 6) is 1.41. The summed E-state index contributed by atoms with van der Waals surface area (Å²) >= 11 is 0. The van der Waals surface area contributed by atoms with E-state index >= 15 is 0 Å². The van der Waals surface area contributed by atoms with Gasteiger partial charge in [-0.15, -0.1) is 0 Å². The third kappa shape index (κ3) is 3.39. The average Bonchev–Trinajstić information content (AvgIpc) is 2.61. The molecule has 1 aliphatic heterocycles. The number of piperazine rings is 1. The summed E-state index contributed by atoms with van der Waals surface area (Å²) in [6.45, 7) is 4.87. The van der Waals surface area contributed by atoms with Gasteiger partial charge < -0.3 is 10.0 Å². The zero-order valence-electron chi connectivity index (χ0n) is 13.8. The molecule has 3 heterocycles. The van der Waals surface area contributed by atoms with E-state index in [0.29, 0.717) is 5.92 Å². The van der Waals surface area contributed by atoms with Gasteiger partial charge in [-0.05, 0) is 25.0 Å². The van der Waals surface area contributed by atoms with Crippen molar-refractivity contribution in [3.63, 3.8) is 0 Å². The molecule has 0 radical (unpaired) electrons. The number of hydrogen-bond donors (Lipinski definition) is 1. The normalized spacial score (nSPS) is 24.6. The van der Waals surface area contributed by atoms with Crippen LogP contribution in [-0.4, -0.2) is 57.2 Å². The molecule has 0 spiro atoms. The summed E-state index contributed by atoms with van der Waals surface area (Å²) in [5.41, 5.74) is 2.19. The summed E-state index contributed by atoms with van der Waals surface area (Å²) in [5, 5.41) is 9.48. The monoisotopic (exact) mass is 325 g/mol. The van der Waals surface area contributed by atoms with Crippen LogP contribution in [-0.2, 0) is 6.54 Å². The van der Waals surface area contributed by atoms with Crippen molar-refractivity contribution >= 4 is 5.82 Å². The van der Waals surface area contributed by atoms with Gasteiger partial charge in [0.25, 0.3) is 0 Å². The van der Waals surface area contributed by atoms with E-state index in [1.165, 1.54) is 0 Å². The largest absolute Gasteiger partial charge is 0.393 e. The number of rotatable bonds is 4. The van der Waals surface area contributed by atoms with Gasteiger partial charge in [-0.1, -0.05) is 6.07 Å². The number of aromatic nitrogens is 3. The first-order valence-corrected chi connectivity index (χ1v) is 8.65. The Hall–Kier alpha value is -2.05. The average molecular weight is 325 g/mol. The molecule has 1 saturated heterocycles. The van der Waals surface area contributed by atoms with E-state index in [-0.39, 0.29) is 6.10 Å². The van der Waals surface area contributed by atoms with Gasteiger partial charge in [0.1, 0.15) is 12.1 Å². The van der Waals surface area contributed by atoms with Gasteiger partial charge in [-0.3, -0.25) is 9.88 Å². The van der Waals surface area contributed by atoms with Crippen molar-refractivity contribution < 1.29 is 5.11 Å². The smallest absolute Gasteiger partial charge is 0.132 e. The molecule has 4 rings (SSSR count). The molecular formula is C18H23N5O. The van der Waals surface area contributed by atoms with Crippen LogP contribution in [0.2, 0.25) is 0 Å². The summed E-state index contributed by atoms with van der Waals surface area (Å²) in [4.78, 5) is 18.0. The van der Waals surface area contributed by atoms with Crippen molar-refractivity contribution in [2.75, 3.05) is 31.1 Å². The topological polar surface area (TPSA) is 65.4 Å². The molecule has 2 aromatic heterocycles. The molecule has 0 aromatic carbocycles. The van der Waals surface area contributed by atoms with Crippen LogP contribution in [0, 0.1) is 0 Å². The lowest BCUT2D eigenvalue weighted by molar-refractivity contribution is 0.0732. The SMILES string of the molecule is OC1CC(c2cc(N3CCN(Cc4ccccn4)CC3)ncn2)C1. The van der Waals surface area contributed by atoms with Crippen LogP contribution in [0.1, 0.15) is 30.1 Å². The molecule has 2 aliphatic rings. The van der Waals surface area contributed by atoms with Gasteiger partial charge in [0.05, 0.1) is 11.8 Å². The van der Waals surface area contributed by atoms with Crippen molar-refractivity contribution in [2.45, 2.75) is 31.4 Å². The summed E-state index contributed by atoms with van der Waals surface area (Å²) in [7, 11) is 0. The van der Waals surface area contributed by atoms with E-state index < -0.39 is 0 Å². The summed E-state index contributed by atoms with van der Waals surface area (Å²) < 4.78 is 0. The standard InChI is InChI=1S/C18H23N5O/c24-16-9-14(10-16)17-11-18(21-13-20-17)23-7-5-22(6-8-23)12-15-3-1-2-4-19-15/h1-4,11,13-14,16,24H,5-10,12H2. The molecule has 1 N–H and O–H groups in total. The molecule has 0 amide bonds. The van der Waals surface area contributed by atoms with Crippen molar-refractivity contribution in [1.82, 2.24) is 19.9 Å². The minimum absolute atomic E-state index is 0.149. The van der Waals surface area contributed by atoms with Crippen LogP contribution in [0.5, 0.6) is 0 Å². The molecule has 24 heavy (non-hydrogen) atoms. The second-order valence-electron chi connectivity index (χ2n) is 6.71. The Morgan fingerprint density at radius 2 is 1.88 bits per heavy atom. The highest BCUT2D eigenvalue weighted by Gasteiger charge is 2.30. The number of anilines is 1. The molecule has 6 nitrogen and oxygen atoms in total. The maximum absolute atomic E-state index is 9.48.